The number of rotatable bonds is 3. The Morgan fingerprint density at radius 1 is 1.26 bits per heavy atom. The summed E-state index contributed by atoms with van der Waals surface area (Å²) in [7, 11) is 0. The van der Waals surface area contributed by atoms with Gasteiger partial charge in [-0.2, -0.15) is 5.10 Å². The molecule has 0 radical (unpaired) electrons. The molecule has 1 fully saturated rings. The van der Waals surface area contributed by atoms with Gasteiger partial charge in [0.05, 0.1) is 5.69 Å². The van der Waals surface area contributed by atoms with E-state index in [-0.39, 0.29) is 18.3 Å². The number of piperazine rings is 1. The molecule has 6 nitrogen and oxygen atoms in total. The molecule has 0 unspecified atom stereocenters. The van der Waals surface area contributed by atoms with E-state index in [0.29, 0.717) is 42.5 Å². The number of pyridine rings is 1. The first-order valence-electron chi connectivity index (χ1n) is 8.78. The molecular formula is C19H19ClFN5O. The molecule has 8 heteroatoms. The number of carbonyl (C=O) groups is 1. The van der Waals surface area contributed by atoms with Gasteiger partial charge in [-0.1, -0.05) is 11.6 Å². The highest BCUT2D eigenvalue weighted by Crippen LogP contribution is 2.27. The van der Waals surface area contributed by atoms with Crippen LogP contribution in [0.5, 0.6) is 0 Å². The van der Waals surface area contributed by atoms with Crippen LogP contribution in [0.1, 0.15) is 5.56 Å². The van der Waals surface area contributed by atoms with Crippen LogP contribution in [0.3, 0.4) is 0 Å². The van der Waals surface area contributed by atoms with Crippen molar-refractivity contribution in [1.82, 2.24) is 19.7 Å². The van der Waals surface area contributed by atoms with Crippen molar-refractivity contribution in [2.75, 3.05) is 31.1 Å². The third-order valence-corrected chi connectivity index (χ3v) is 5.23. The third kappa shape index (κ3) is 3.60. The molecule has 0 aliphatic carbocycles. The minimum absolute atomic E-state index is 0.00443. The molecule has 0 N–H and O–H groups in total. The summed E-state index contributed by atoms with van der Waals surface area (Å²) in [5.74, 6) is -0.337. The van der Waals surface area contributed by atoms with Gasteiger partial charge in [0.1, 0.15) is 12.4 Å². The first-order valence-corrected chi connectivity index (χ1v) is 9.15. The quantitative estimate of drug-likeness (QED) is 0.693. The van der Waals surface area contributed by atoms with Gasteiger partial charge in [-0.15, -0.1) is 0 Å². The summed E-state index contributed by atoms with van der Waals surface area (Å²) >= 11 is 5.97. The number of aryl methyl sites for hydroxylation is 1. The van der Waals surface area contributed by atoms with Gasteiger partial charge in [-0.3, -0.25) is 9.48 Å². The predicted molar refractivity (Wildman–Crippen MR) is 102 cm³/mol. The van der Waals surface area contributed by atoms with E-state index in [1.165, 1.54) is 6.07 Å². The Hall–Kier alpha value is -2.67. The number of hydrogen-bond acceptors (Lipinski definition) is 4. The Labute approximate surface area is 161 Å². The summed E-state index contributed by atoms with van der Waals surface area (Å²) in [4.78, 5) is 20.5. The molecule has 1 amide bonds. The Kier molecular flexibility index (Phi) is 4.70. The second-order valence-corrected chi connectivity index (χ2v) is 7.07. The molecule has 27 heavy (non-hydrogen) atoms. The van der Waals surface area contributed by atoms with E-state index in [2.05, 4.69) is 10.1 Å². The highest BCUT2D eigenvalue weighted by Gasteiger charge is 2.23. The zero-order chi connectivity index (χ0) is 19.0. The number of halogens is 2. The van der Waals surface area contributed by atoms with E-state index < -0.39 is 0 Å². The molecule has 4 rings (SSSR count). The van der Waals surface area contributed by atoms with Crippen molar-refractivity contribution in [1.29, 1.82) is 0 Å². The van der Waals surface area contributed by atoms with Gasteiger partial charge in [-0.25, -0.2) is 9.37 Å². The smallest absolute Gasteiger partial charge is 0.244 e. The van der Waals surface area contributed by atoms with Gasteiger partial charge >= 0.3 is 0 Å². The van der Waals surface area contributed by atoms with Crippen molar-refractivity contribution in [3.63, 3.8) is 0 Å². The normalized spacial score (nSPS) is 14.8. The van der Waals surface area contributed by atoms with Gasteiger partial charge < -0.3 is 9.80 Å². The van der Waals surface area contributed by atoms with Crippen molar-refractivity contribution in [3.8, 4) is 0 Å². The minimum Gasteiger partial charge on any atom is -0.366 e. The van der Waals surface area contributed by atoms with E-state index in [9.17, 15) is 9.18 Å². The van der Waals surface area contributed by atoms with Crippen molar-refractivity contribution in [3.05, 3.63) is 53.1 Å². The van der Waals surface area contributed by atoms with Crippen LogP contribution in [-0.2, 0) is 11.3 Å². The van der Waals surface area contributed by atoms with Gasteiger partial charge in [-0.05, 0) is 36.8 Å². The molecule has 1 saturated heterocycles. The van der Waals surface area contributed by atoms with E-state index in [1.54, 1.807) is 21.8 Å². The Bertz CT molecular complexity index is 964. The topological polar surface area (TPSA) is 54.3 Å². The molecule has 1 aliphatic heterocycles. The van der Waals surface area contributed by atoms with Crippen LogP contribution < -0.4 is 4.90 Å². The first-order chi connectivity index (χ1) is 13.0. The molecule has 1 aromatic carbocycles. The lowest BCUT2D eigenvalue weighted by molar-refractivity contribution is -0.132. The molecule has 0 bridgehead atoms. The van der Waals surface area contributed by atoms with Gasteiger partial charge in [0.2, 0.25) is 5.91 Å². The molecule has 3 heterocycles. The van der Waals surface area contributed by atoms with E-state index >= 15 is 0 Å². The van der Waals surface area contributed by atoms with Crippen molar-refractivity contribution in [2.45, 2.75) is 13.5 Å². The Balaban J connectivity index is 1.40. The third-order valence-electron chi connectivity index (χ3n) is 4.83. The fraction of sp³-hybridized carbons (Fsp3) is 0.316. The zero-order valence-electron chi connectivity index (χ0n) is 14.9. The molecule has 3 aromatic rings. The van der Waals surface area contributed by atoms with Crippen LogP contribution in [-0.4, -0.2) is 51.8 Å². The number of nitrogens with zero attached hydrogens (tertiary/aromatic N) is 5. The van der Waals surface area contributed by atoms with E-state index in [1.807, 2.05) is 30.2 Å². The highest BCUT2D eigenvalue weighted by molar-refractivity contribution is 6.31. The lowest BCUT2D eigenvalue weighted by Gasteiger charge is -2.36. The average Bonchev–Trinajstić information content (AvgIpc) is 3.07. The predicted octanol–water partition coefficient (Wildman–Crippen LogP) is 2.88. The van der Waals surface area contributed by atoms with Gasteiger partial charge in [0, 0.05) is 49.0 Å². The molecular weight excluding hydrogens is 369 g/mol. The minimum atomic E-state index is -0.332. The number of amides is 1. The summed E-state index contributed by atoms with van der Waals surface area (Å²) in [5, 5.41) is 5.65. The maximum atomic E-state index is 14.2. The fourth-order valence-corrected chi connectivity index (χ4v) is 3.46. The largest absolute Gasteiger partial charge is 0.366 e. The second-order valence-electron chi connectivity index (χ2n) is 6.66. The lowest BCUT2D eigenvalue weighted by atomic mass is 10.1. The number of benzene rings is 1. The maximum Gasteiger partial charge on any atom is 0.244 e. The number of carbonyl (C=O) groups excluding carboxylic acids is 1. The van der Waals surface area contributed by atoms with Crippen LogP contribution in [0, 0.1) is 12.7 Å². The Morgan fingerprint density at radius 3 is 2.78 bits per heavy atom. The lowest BCUT2D eigenvalue weighted by Crippen LogP contribution is -2.49. The van der Waals surface area contributed by atoms with Crippen molar-refractivity contribution < 1.29 is 9.18 Å². The number of anilines is 1. The van der Waals surface area contributed by atoms with Gasteiger partial charge in [0.15, 0.2) is 5.65 Å². The number of aromatic nitrogens is 3. The summed E-state index contributed by atoms with van der Waals surface area (Å²) in [6.07, 6.45) is 3.50. The second kappa shape index (κ2) is 7.15. The molecule has 140 valence electrons. The molecule has 0 saturated carbocycles. The monoisotopic (exact) mass is 387 g/mol. The molecule has 2 aromatic heterocycles. The summed E-state index contributed by atoms with van der Waals surface area (Å²) in [6.45, 7) is 4.26. The standard InChI is InChI=1S/C19H19ClFN5O/c1-13-9-17(16(21)10-15(13)20)24-5-7-25(8-6-24)18(27)12-26-11-14-3-2-4-22-19(14)23-26/h2-4,9-11H,5-8,12H2,1H3. The molecule has 1 aliphatic rings. The van der Waals surface area contributed by atoms with Crippen LogP contribution in [0.25, 0.3) is 11.0 Å². The van der Waals surface area contributed by atoms with E-state index in [4.69, 9.17) is 11.6 Å². The highest BCUT2D eigenvalue weighted by atomic mass is 35.5. The zero-order valence-corrected chi connectivity index (χ0v) is 15.7. The van der Waals surface area contributed by atoms with Crippen LogP contribution >= 0.6 is 11.6 Å². The fourth-order valence-electron chi connectivity index (χ4n) is 3.31. The van der Waals surface area contributed by atoms with Crippen molar-refractivity contribution >= 4 is 34.2 Å². The summed E-state index contributed by atoms with van der Waals surface area (Å²) in [6, 6.07) is 6.86. The van der Waals surface area contributed by atoms with Crippen LogP contribution in [0.15, 0.2) is 36.7 Å². The SMILES string of the molecule is Cc1cc(N2CCN(C(=O)Cn3cc4cccnc4n3)CC2)c(F)cc1Cl. The first kappa shape index (κ1) is 17.7. The summed E-state index contributed by atoms with van der Waals surface area (Å²) < 4.78 is 15.9. The average molecular weight is 388 g/mol. The molecule has 0 spiro atoms. The van der Waals surface area contributed by atoms with Gasteiger partial charge in [0.25, 0.3) is 0 Å². The van der Waals surface area contributed by atoms with Crippen molar-refractivity contribution in [2.24, 2.45) is 0 Å². The summed E-state index contributed by atoms with van der Waals surface area (Å²) in [5.41, 5.74) is 2.00. The maximum absolute atomic E-state index is 14.2. The molecule has 0 atom stereocenters. The number of hydrogen-bond donors (Lipinski definition) is 0. The van der Waals surface area contributed by atoms with Crippen LogP contribution in [0.4, 0.5) is 10.1 Å². The van der Waals surface area contributed by atoms with Crippen LogP contribution in [0.2, 0.25) is 5.02 Å². The Morgan fingerprint density at radius 2 is 2.04 bits per heavy atom. The van der Waals surface area contributed by atoms with E-state index in [0.717, 1.165) is 10.9 Å². The number of fused-ring (bicyclic) bond motifs is 1.